The molecule has 0 saturated carbocycles. The van der Waals surface area contributed by atoms with Crippen molar-refractivity contribution in [1.82, 2.24) is 5.32 Å². The van der Waals surface area contributed by atoms with Gasteiger partial charge in [0.05, 0.1) is 18.5 Å². The molecule has 1 amide bonds. The van der Waals surface area contributed by atoms with Gasteiger partial charge in [-0.3, -0.25) is 9.10 Å². The lowest BCUT2D eigenvalue weighted by molar-refractivity contribution is -0.121. The van der Waals surface area contributed by atoms with Crippen molar-refractivity contribution in [2.75, 3.05) is 23.7 Å². The van der Waals surface area contributed by atoms with E-state index >= 15 is 0 Å². The zero-order chi connectivity index (χ0) is 20.0. The van der Waals surface area contributed by atoms with Crippen molar-refractivity contribution in [1.29, 1.82) is 0 Å². The largest absolute Gasteiger partial charge is 0.491 e. The summed E-state index contributed by atoms with van der Waals surface area (Å²) in [4.78, 5) is 12.5. The van der Waals surface area contributed by atoms with Crippen molar-refractivity contribution in [2.24, 2.45) is 0 Å². The molecule has 0 heterocycles. The number of para-hydroxylation sites is 1. The smallest absolute Gasteiger partial charge is 0.243 e. The van der Waals surface area contributed by atoms with Gasteiger partial charge >= 0.3 is 0 Å². The standard InChI is InChI=1S/C20H26N2O4S/c1-15-10-11-16(2)19(14-15)26-13-12-21-20(23)17(3)22(27(4,24)25)18-8-6-5-7-9-18/h5-11,14,17H,12-13H2,1-4H3,(H,21,23)/t17-/m1/s1. The molecule has 2 aromatic rings. The molecule has 2 rings (SSSR count). The minimum Gasteiger partial charge on any atom is -0.491 e. The molecule has 0 bridgehead atoms. The number of anilines is 1. The zero-order valence-electron chi connectivity index (χ0n) is 16.1. The van der Waals surface area contributed by atoms with Gasteiger partial charge in [-0.1, -0.05) is 30.3 Å². The first kappa shape index (κ1) is 20.8. The normalized spacial score (nSPS) is 12.3. The van der Waals surface area contributed by atoms with E-state index in [2.05, 4.69) is 5.32 Å². The number of carbonyl (C=O) groups is 1. The highest BCUT2D eigenvalue weighted by molar-refractivity contribution is 7.92. The van der Waals surface area contributed by atoms with Gasteiger partial charge in [0.1, 0.15) is 18.4 Å². The molecular weight excluding hydrogens is 364 g/mol. The number of ether oxygens (including phenoxy) is 1. The van der Waals surface area contributed by atoms with Gasteiger partial charge in [-0.2, -0.15) is 0 Å². The summed E-state index contributed by atoms with van der Waals surface area (Å²) in [6.45, 7) is 6.09. The third-order valence-corrected chi connectivity index (χ3v) is 5.34. The molecule has 0 aromatic heterocycles. The highest BCUT2D eigenvalue weighted by atomic mass is 32.2. The molecule has 0 spiro atoms. The number of rotatable bonds is 8. The number of carbonyl (C=O) groups excluding carboxylic acids is 1. The number of amides is 1. The van der Waals surface area contributed by atoms with Gasteiger partial charge in [-0.15, -0.1) is 0 Å². The van der Waals surface area contributed by atoms with E-state index in [9.17, 15) is 13.2 Å². The van der Waals surface area contributed by atoms with Gasteiger partial charge < -0.3 is 10.1 Å². The van der Waals surface area contributed by atoms with E-state index in [-0.39, 0.29) is 12.5 Å². The summed E-state index contributed by atoms with van der Waals surface area (Å²) in [5.41, 5.74) is 2.57. The van der Waals surface area contributed by atoms with E-state index in [0.29, 0.717) is 12.3 Å². The average molecular weight is 391 g/mol. The minimum absolute atomic E-state index is 0.281. The highest BCUT2D eigenvalue weighted by Gasteiger charge is 2.28. The maximum absolute atomic E-state index is 12.5. The zero-order valence-corrected chi connectivity index (χ0v) is 16.9. The molecule has 2 aromatic carbocycles. The number of sulfonamides is 1. The Bertz CT molecular complexity index is 882. The van der Waals surface area contributed by atoms with Gasteiger partial charge in [0.15, 0.2) is 0 Å². The summed E-state index contributed by atoms with van der Waals surface area (Å²) in [5, 5.41) is 2.74. The van der Waals surface area contributed by atoms with Crippen LogP contribution in [0.2, 0.25) is 0 Å². The Morgan fingerprint density at radius 2 is 1.81 bits per heavy atom. The van der Waals surface area contributed by atoms with Gasteiger partial charge in [-0.25, -0.2) is 8.42 Å². The molecule has 6 nitrogen and oxygen atoms in total. The predicted octanol–water partition coefficient (Wildman–Crippen LogP) is 2.65. The summed E-state index contributed by atoms with van der Waals surface area (Å²) >= 11 is 0. The van der Waals surface area contributed by atoms with Crippen LogP contribution >= 0.6 is 0 Å². The molecule has 0 radical (unpaired) electrons. The molecule has 0 aliphatic rings. The fourth-order valence-corrected chi connectivity index (χ4v) is 3.90. The molecule has 0 fully saturated rings. The van der Waals surface area contributed by atoms with Gasteiger partial charge in [0, 0.05) is 0 Å². The molecule has 7 heteroatoms. The molecule has 1 atom stereocenters. The number of benzene rings is 2. The van der Waals surface area contributed by atoms with Crippen LogP contribution in [0.1, 0.15) is 18.1 Å². The first-order chi connectivity index (χ1) is 12.7. The lowest BCUT2D eigenvalue weighted by Gasteiger charge is -2.28. The Kier molecular flexibility index (Phi) is 6.85. The van der Waals surface area contributed by atoms with Gasteiger partial charge in [0.25, 0.3) is 0 Å². The number of nitrogens with one attached hydrogen (secondary N) is 1. The van der Waals surface area contributed by atoms with Crippen LogP contribution in [0.25, 0.3) is 0 Å². The summed E-state index contributed by atoms with van der Waals surface area (Å²) < 4.78 is 31.2. The number of aryl methyl sites for hydroxylation is 2. The third-order valence-electron chi connectivity index (χ3n) is 4.10. The Hall–Kier alpha value is -2.54. The van der Waals surface area contributed by atoms with Crippen LogP contribution in [-0.4, -0.2) is 39.8 Å². The molecular formula is C20H26N2O4S. The molecule has 0 saturated heterocycles. The lowest BCUT2D eigenvalue weighted by Crippen LogP contribution is -2.48. The molecule has 1 N–H and O–H groups in total. The topological polar surface area (TPSA) is 75.7 Å². The minimum atomic E-state index is -3.60. The first-order valence-corrected chi connectivity index (χ1v) is 10.6. The van der Waals surface area contributed by atoms with Crippen LogP contribution in [0, 0.1) is 13.8 Å². The van der Waals surface area contributed by atoms with Crippen LogP contribution in [0.5, 0.6) is 5.75 Å². The van der Waals surface area contributed by atoms with Gasteiger partial charge in [-0.05, 0) is 50.1 Å². The summed E-state index contributed by atoms with van der Waals surface area (Å²) in [5.74, 6) is 0.396. The van der Waals surface area contributed by atoms with Crippen LogP contribution in [0.4, 0.5) is 5.69 Å². The number of hydrogen-bond donors (Lipinski definition) is 1. The number of nitrogens with zero attached hydrogens (tertiary/aromatic N) is 1. The molecule has 0 aliphatic heterocycles. The second kappa shape index (κ2) is 8.90. The quantitative estimate of drug-likeness (QED) is 0.703. The maximum atomic E-state index is 12.5. The first-order valence-electron chi connectivity index (χ1n) is 8.72. The van der Waals surface area contributed by atoms with E-state index in [1.807, 2.05) is 32.0 Å². The van der Waals surface area contributed by atoms with Crippen molar-refractivity contribution in [3.05, 3.63) is 59.7 Å². The van der Waals surface area contributed by atoms with E-state index < -0.39 is 16.1 Å². The SMILES string of the molecule is Cc1ccc(C)c(OCCNC(=O)[C@@H](C)N(c2ccccc2)S(C)(=O)=O)c1. The molecule has 27 heavy (non-hydrogen) atoms. The number of hydrogen-bond acceptors (Lipinski definition) is 4. The van der Waals surface area contributed by atoms with E-state index in [0.717, 1.165) is 27.4 Å². The molecule has 146 valence electrons. The summed E-state index contributed by atoms with van der Waals surface area (Å²) in [6.07, 6.45) is 1.09. The summed E-state index contributed by atoms with van der Waals surface area (Å²) in [6, 6.07) is 13.6. The lowest BCUT2D eigenvalue weighted by atomic mass is 10.1. The molecule has 0 unspecified atom stereocenters. The Morgan fingerprint density at radius 3 is 2.44 bits per heavy atom. The second-order valence-electron chi connectivity index (χ2n) is 6.48. The highest BCUT2D eigenvalue weighted by Crippen LogP contribution is 2.20. The fourth-order valence-electron chi connectivity index (χ4n) is 2.73. The predicted molar refractivity (Wildman–Crippen MR) is 108 cm³/mol. The van der Waals surface area contributed by atoms with E-state index in [1.54, 1.807) is 37.3 Å². The van der Waals surface area contributed by atoms with Gasteiger partial charge in [0.2, 0.25) is 15.9 Å². The van der Waals surface area contributed by atoms with Crippen molar-refractivity contribution < 1.29 is 17.9 Å². The Labute approximate surface area is 161 Å². The van der Waals surface area contributed by atoms with Crippen molar-refractivity contribution >= 4 is 21.6 Å². The summed E-state index contributed by atoms with van der Waals surface area (Å²) in [7, 11) is -3.60. The van der Waals surface area contributed by atoms with Crippen molar-refractivity contribution in [3.63, 3.8) is 0 Å². The fraction of sp³-hybridized carbons (Fsp3) is 0.350. The maximum Gasteiger partial charge on any atom is 0.243 e. The van der Waals surface area contributed by atoms with Crippen molar-refractivity contribution in [3.8, 4) is 5.75 Å². The Morgan fingerprint density at radius 1 is 1.15 bits per heavy atom. The average Bonchev–Trinajstić information content (AvgIpc) is 2.61. The van der Waals surface area contributed by atoms with E-state index in [1.165, 1.54) is 0 Å². The monoisotopic (exact) mass is 390 g/mol. The van der Waals surface area contributed by atoms with E-state index in [4.69, 9.17) is 4.74 Å². The second-order valence-corrected chi connectivity index (χ2v) is 8.34. The van der Waals surface area contributed by atoms with Crippen LogP contribution in [0.3, 0.4) is 0 Å². The molecule has 0 aliphatic carbocycles. The third kappa shape index (κ3) is 5.72. The van der Waals surface area contributed by atoms with Crippen LogP contribution < -0.4 is 14.4 Å². The van der Waals surface area contributed by atoms with Crippen LogP contribution in [0.15, 0.2) is 48.5 Å². The Balaban J connectivity index is 1.96. The van der Waals surface area contributed by atoms with Crippen molar-refractivity contribution in [2.45, 2.75) is 26.8 Å². The van der Waals surface area contributed by atoms with Crippen LogP contribution in [-0.2, 0) is 14.8 Å².